The number of benzene rings is 1. The highest BCUT2D eigenvalue weighted by Crippen LogP contribution is 2.18. The summed E-state index contributed by atoms with van der Waals surface area (Å²) in [6.45, 7) is 8.77. The van der Waals surface area contributed by atoms with Gasteiger partial charge in [-0.25, -0.2) is 0 Å². The molecule has 0 amide bonds. The lowest BCUT2D eigenvalue weighted by atomic mass is 9.94. The average molecular weight is 174 g/mol. The first-order valence-electron chi connectivity index (χ1n) is 4.74. The molecule has 0 nitrogen and oxygen atoms in total. The van der Waals surface area contributed by atoms with Crippen molar-refractivity contribution in [3.8, 4) is 0 Å². The topological polar surface area (TPSA) is 0 Å². The van der Waals surface area contributed by atoms with Crippen molar-refractivity contribution in [1.29, 1.82) is 0 Å². The second kappa shape index (κ2) is 3.78. The molecule has 0 spiro atoms. The van der Waals surface area contributed by atoms with E-state index in [9.17, 15) is 0 Å². The van der Waals surface area contributed by atoms with Crippen LogP contribution in [0, 0.1) is 12.3 Å². The zero-order chi connectivity index (χ0) is 9.90. The Balaban J connectivity index is 2.86. The Hall–Kier alpha value is -1.04. The fraction of sp³-hybridized carbons (Fsp3) is 0.385. The van der Waals surface area contributed by atoms with Gasteiger partial charge < -0.3 is 0 Å². The van der Waals surface area contributed by atoms with E-state index >= 15 is 0 Å². The maximum absolute atomic E-state index is 2.25. The molecule has 0 saturated carbocycles. The molecule has 0 heterocycles. The average Bonchev–Trinajstić information content (AvgIpc) is 2.01. The van der Waals surface area contributed by atoms with E-state index in [0.717, 1.165) is 0 Å². The summed E-state index contributed by atoms with van der Waals surface area (Å²) in [5.41, 5.74) is 2.92. The quantitative estimate of drug-likeness (QED) is 0.602. The highest BCUT2D eigenvalue weighted by molar-refractivity contribution is 5.53. The Morgan fingerprint density at radius 2 is 1.69 bits per heavy atom. The van der Waals surface area contributed by atoms with Gasteiger partial charge in [0.05, 0.1) is 0 Å². The summed E-state index contributed by atoms with van der Waals surface area (Å²) < 4.78 is 0. The van der Waals surface area contributed by atoms with Gasteiger partial charge in [0.2, 0.25) is 0 Å². The molecule has 0 unspecified atom stereocenters. The van der Waals surface area contributed by atoms with E-state index in [0.29, 0.717) is 0 Å². The van der Waals surface area contributed by atoms with Gasteiger partial charge in [-0.15, -0.1) is 0 Å². The van der Waals surface area contributed by atoms with E-state index in [1.165, 1.54) is 11.1 Å². The SMILES string of the molecule is Cc1ccccc1C=CC(C)(C)C. The molecule has 13 heavy (non-hydrogen) atoms. The number of allylic oxidation sites excluding steroid dienone is 1. The molecule has 0 saturated heterocycles. The highest BCUT2D eigenvalue weighted by Gasteiger charge is 2.03. The van der Waals surface area contributed by atoms with Gasteiger partial charge in [-0.3, -0.25) is 0 Å². The molecule has 0 N–H and O–H groups in total. The summed E-state index contributed by atoms with van der Waals surface area (Å²) >= 11 is 0. The van der Waals surface area contributed by atoms with Crippen LogP contribution >= 0.6 is 0 Å². The van der Waals surface area contributed by atoms with Crippen molar-refractivity contribution in [3.63, 3.8) is 0 Å². The number of rotatable bonds is 1. The normalized spacial score (nSPS) is 12.3. The van der Waals surface area contributed by atoms with Crippen molar-refractivity contribution in [2.75, 3.05) is 0 Å². The van der Waals surface area contributed by atoms with Crippen LogP contribution in [0.4, 0.5) is 0 Å². The first-order chi connectivity index (χ1) is 5.99. The van der Waals surface area contributed by atoms with Crippen molar-refractivity contribution in [2.24, 2.45) is 5.41 Å². The summed E-state index contributed by atoms with van der Waals surface area (Å²) in [7, 11) is 0. The van der Waals surface area contributed by atoms with Gasteiger partial charge >= 0.3 is 0 Å². The Morgan fingerprint density at radius 3 is 2.23 bits per heavy atom. The van der Waals surface area contributed by atoms with Crippen LogP contribution in [0.25, 0.3) is 6.08 Å². The molecule has 0 heteroatoms. The third-order valence-corrected chi connectivity index (χ3v) is 1.95. The van der Waals surface area contributed by atoms with Gasteiger partial charge in [-0.05, 0) is 23.5 Å². The van der Waals surface area contributed by atoms with Crippen LogP contribution in [0.3, 0.4) is 0 Å². The first-order valence-corrected chi connectivity index (χ1v) is 4.74. The molecule has 0 radical (unpaired) electrons. The maximum atomic E-state index is 2.25. The van der Waals surface area contributed by atoms with Crippen LogP contribution in [-0.4, -0.2) is 0 Å². The molecular weight excluding hydrogens is 156 g/mol. The van der Waals surface area contributed by atoms with Gasteiger partial charge in [0, 0.05) is 0 Å². The monoisotopic (exact) mass is 174 g/mol. The number of hydrogen-bond acceptors (Lipinski definition) is 0. The van der Waals surface area contributed by atoms with Crippen LogP contribution in [-0.2, 0) is 0 Å². The summed E-state index contributed by atoms with van der Waals surface area (Å²) in [6.07, 6.45) is 4.45. The largest absolute Gasteiger partial charge is 0.0785 e. The Kier molecular flexibility index (Phi) is 2.92. The van der Waals surface area contributed by atoms with E-state index in [-0.39, 0.29) is 5.41 Å². The fourth-order valence-corrected chi connectivity index (χ4v) is 1.11. The van der Waals surface area contributed by atoms with E-state index in [2.05, 4.69) is 64.1 Å². The molecule has 0 aliphatic heterocycles. The number of aryl methyl sites for hydroxylation is 1. The predicted molar refractivity (Wildman–Crippen MR) is 59.7 cm³/mol. The minimum atomic E-state index is 0.266. The maximum Gasteiger partial charge on any atom is -0.0200 e. The van der Waals surface area contributed by atoms with Crippen molar-refractivity contribution < 1.29 is 0 Å². The van der Waals surface area contributed by atoms with Crippen molar-refractivity contribution in [2.45, 2.75) is 27.7 Å². The summed E-state index contributed by atoms with van der Waals surface area (Å²) in [4.78, 5) is 0. The Morgan fingerprint density at radius 1 is 1.08 bits per heavy atom. The molecule has 0 aliphatic rings. The Labute approximate surface area is 81.3 Å². The van der Waals surface area contributed by atoms with E-state index in [1.54, 1.807) is 0 Å². The van der Waals surface area contributed by atoms with Gasteiger partial charge in [0.25, 0.3) is 0 Å². The van der Waals surface area contributed by atoms with Crippen molar-refractivity contribution in [1.82, 2.24) is 0 Å². The lowest BCUT2D eigenvalue weighted by molar-refractivity contribution is 0.547. The molecular formula is C13H18. The van der Waals surface area contributed by atoms with Gasteiger partial charge in [0.1, 0.15) is 0 Å². The molecule has 0 aliphatic carbocycles. The standard InChI is InChI=1S/C13H18/c1-11-7-5-6-8-12(11)9-10-13(2,3)4/h5-10H,1-4H3. The minimum absolute atomic E-state index is 0.266. The van der Waals surface area contributed by atoms with E-state index in [4.69, 9.17) is 0 Å². The molecule has 0 bridgehead atoms. The zero-order valence-electron chi connectivity index (χ0n) is 8.96. The fourth-order valence-electron chi connectivity index (χ4n) is 1.11. The van der Waals surface area contributed by atoms with Gasteiger partial charge in [0.15, 0.2) is 0 Å². The summed E-state index contributed by atoms with van der Waals surface area (Å²) in [5.74, 6) is 0. The second-order valence-corrected chi connectivity index (χ2v) is 4.56. The highest BCUT2D eigenvalue weighted by atomic mass is 14.1. The molecule has 0 atom stereocenters. The van der Waals surface area contributed by atoms with E-state index in [1.807, 2.05) is 0 Å². The molecule has 1 aromatic rings. The lowest BCUT2D eigenvalue weighted by Crippen LogP contribution is -1.98. The molecule has 1 aromatic carbocycles. The second-order valence-electron chi connectivity index (χ2n) is 4.56. The van der Waals surface area contributed by atoms with E-state index < -0.39 is 0 Å². The van der Waals surface area contributed by atoms with Crippen molar-refractivity contribution >= 4 is 6.08 Å². The molecule has 70 valence electrons. The number of hydrogen-bond donors (Lipinski definition) is 0. The van der Waals surface area contributed by atoms with Gasteiger partial charge in [-0.2, -0.15) is 0 Å². The van der Waals surface area contributed by atoms with Crippen LogP contribution in [0.5, 0.6) is 0 Å². The summed E-state index contributed by atoms with van der Waals surface area (Å²) in [5, 5.41) is 0. The van der Waals surface area contributed by atoms with Crippen LogP contribution in [0.15, 0.2) is 30.3 Å². The molecule has 1 rings (SSSR count). The predicted octanol–water partition coefficient (Wildman–Crippen LogP) is 4.05. The zero-order valence-corrected chi connectivity index (χ0v) is 8.96. The van der Waals surface area contributed by atoms with Crippen LogP contribution in [0.2, 0.25) is 0 Å². The van der Waals surface area contributed by atoms with Gasteiger partial charge in [-0.1, -0.05) is 57.2 Å². The Bertz CT molecular complexity index is 300. The summed E-state index contributed by atoms with van der Waals surface area (Å²) in [6, 6.07) is 8.44. The van der Waals surface area contributed by atoms with Crippen LogP contribution in [0.1, 0.15) is 31.9 Å². The third-order valence-electron chi connectivity index (χ3n) is 1.95. The lowest BCUT2D eigenvalue weighted by Gasteiger charge is -2.11. The minimum Gasteiger partial charge on any atom is -0.0785 e. The third kappa shape index (κ3) is 3.45. The molecule has 0 aromatic heterocycles. The first kappa shape index (κ1) is 10.0. The smallest absolute Gasteiger partial charge is 0.0200 e. The molecule has 0 fully saturated rings. The van der Waals surface area contributed by atoms with Crippen LogP contribution < -0.4 is 0 Å². The van der Waals surface area contributed by atoms with Crippen molar-refractivity contribution in [3.05, 3.63) is 41.5 Å².